The molecule has 1 heterocycles. The molecule has 0 atom stereocenters. The predicted molar refractivity (Wildman–Crippen MR) is 80.0 cm³/mol. The van der Waals surface area contributed by atoms with Gasteiger partial charge in [-0.15, -0.1) is 0 Å². The van der Waals surface area contributed by atoms with E-state index in [-0.39, 0.29) is 10.8 Å². The average molecular weight is 290 g/mol. The molecule has 1 aliphatic heterocycles. The van der Waals surface area contributed by atoms with Crippen LogP contribution in [0.3, 0.4) is 0 Å². The highest BCUT2D eigenvalue weighted by Crippen LogP contribution is 2.35. The second-order valence-electron chi connectivity index (χ2n) is 5.02. The molecule has 0 aromatic carbocycles. The zero-order chi connectivity index (χ0) is 13.8. The summed E-state index contributed by atoms with van der Waals surface area (Å²) in [5, 5.41) is 0. The maximum atomic E-state index is 11.8. The lowest BCUT2D eigenvalue weighted by molar-refractivity contribution is 0.0846. The zero-order valence-corrected chi connectivity index (χ0v) is 12.9. The van der Waals surface area contributed by atoms with Crippen molar-refractivity contribution < 1.29 is 9.53 Å². The van der Waals surface area contributed by atoms with Crippen LogP contribution >= 0.6 is 24.0 Å². The van der Waals surface area contributed by atoms with Gasteiger partial charge in [0.15, 0.2) is 0 Å². The standard InChI is InChI=1S/C12H22N2O2S2/c1-9(2)8-16-11(15)14-6-4-12(18-3,5-7-14)10(13)17/h9H,4-8H2,1-3H3,(H2,13,17). The molecule has 1 saturated heterocycles. The van der Waals surface area contributed by atoms with Crippen LogP contribution in [0.4, 0.5) is 4.79 Å². The average Bonchev–Trinajstić information content (AvgIpc) is 2.35. The van der Waals surface area contributed by atoms with Crippen molar-refractivity contribution in [2.75, 3.05) is 26.0 Å². The second-order valence-corrected chi connectivity index (χ2v) is 6.65. The summed E-state index contributed by atoms with van der Waals surface area (Å²) >= 11 is 6.83. The molecule has 0 spiro atoms. The first-order chi connectivity index (χ1) is 8.41. The Morgan fingerprint density at radius 1 is 1.50 bits per heavy atom. The molecule has 0 aromatic heterocycles. The van der Waals surface area contributed by atoms with Gasteiger partial charge in [-0.3, -0.25) is 0 Å². The van der Waals surface area contributed by atoms with E-state index in [9.17, 15) is 4.79 Å². The van der Waals surface area contributed by atoms with E-state index < -0.39 is 0 Å². The number of thioether (sulfide) groups is 1. The Morgan fingerprint density at radius 2 is 2.06 bits per heavy atom. The number of ether oxygens (including phenoxy) is 1. The second kappa shape index (κ2) is 6.61. The van der Waals surface area contributed by atoms with E-state index in [0.29, 0.717) is 30.6 Å². The highest BCUT2D eigenvalue weighted by molar-refractivity contribution is 8.02. The molecule has 4 nitrogen and oxygen atoms in total. The van der Waals surface area contributed by atoms with Crippen LogP contribution in [-0.4, -0.2) is 46.7 Å². The van der Waals surface area contributed by atoms with Crippen LogP contribution in [0.5, 0.6) is 0 Å². The predicted octanol–water partition coefficient (Wildman–Crippen LogP) is 2.26. The maximum absolute atomic E-state index is 11.8. The molecule has 1 rings (SSSR count). The van der Waals surface area contributed by atoms with Crippen molar-refractivity contribution in [1.82, 2.24) is 4.90 Å². The minimum Gasteiger partial charge on any atom is -0.449 e. The molecule has 2 N–H and O–H groups in total. The number of hydrogen-bond donors (Lipinski definition) is 1. The van der Waals surface area contributed by atoms with Gasteiger partial charge in [-0.1, -0.05) is 26.1 Å². The van der Waals surface area contributed by atoms with Crippen molar-refractivity contribution in [2.45, 2.75) is 31.4 Å². The summed E-state index contributed by atoms with van der Waals surface area (Å²) in [5.74, 6) is 0.362. The fraction of sp³-hybridized carbons (Fsp3) is 0.833. The Kier molecular flexibility index (Phi) is 5.72. The van der Waals surface area contributed by atoms with Crippen molar-refractivity contribution in [2.24, 2.45) is 11.7 Å². The largest absolute Gasteiger partial charge is 0.449 e. The monoisotopic (exact) mass is 290 g/mol. The third-order valence-corrected chi connectivity index (χ3v) is 5.14. The van der Waals surface area contributed by atoms with E-state index in [0.717, 1.165) is 12.8 Å². The molecular weight excluding hydrogens is 268 g/mol. The number of hydrogen-bond acceptors (Lipinski definition) is 4. The van der Waals surface area contributed by atoms with Crippen LogP contribution in [0.1, 0.15) is 26.7 Å². The van der Waals surface area contributed by atoms with Crippen molar-refractivity contribution in [3.63, 3.8) is 0 Å². The Labute approximate surface area is 119 Å². The van der Waals surface area contributed by atoms with Gasteiger partial charge >= 0.3 is 6.09 Å². The molecular formula is C12H22N2O2S2. The molecule has 0 aromatic rings. The van der Waals surface area contributed by atoms with E-state index in [1.54, 1.807) is 16.7 Å². The summed E-state index contributed by atoms with van der Waals surface area (Å²) in [5.41, 5.74) is 5.81. The molecule has 1 fully saturated rings. The summed E-state index contributed by atoms with van der Waals surface area (Å²) < 4.78 is 5.07. The first kappa shape index (κ1) is 15.6. The molecule has 1 aliphatic rings. The van der Waals surface area contributed by atoms with E-state index in [4.69, 9.17) is 22.7 Å². The number of carbonyl (C=O) groups is 1. The molecule has 0 unspecified atom stereocenters. The van der Waals surface area contributed by atoms with E-state index in [2.05, 4.69) is 0 Å². The van der Waals surface area contributed by atoms with Gasteiger partial charge in [0, 0.05) is 13.1 Å². The number of thiocarbonyl (C=S) groups is 1. The first-order valence-corrected chi connectivity index (χ1v) is 7.81. The van der Waals surface area contributed by atoms with Gasteiger partial charge in [-0.25, -0.2) is 4.79 Å². The lowest BCUT2D eigenvalue weighted by Gasteiger charge is -2.39. The molecule has 1 amide bonds. The summed E-state index contributed by atoms with van der Waals surface area (Å²) in [7, 11) is 0. The minimum absolute atomic E-state index is 0.149. The van der Waals surface area contributed by atoms with E-state index in [1.165, 1.54) is 0 Å². The van der Waals surface area contributed by atoms with E-state index in [1.807, 2.05) is 20.1 Å². The van der Waals surface area contributed by atoms with Gasteiger partial charge in [-0.05, 0) is 25.0 Å². The molecule has 6 heteroatoms. The topological polar surface area (TPSA) is 55.6 Å². The van der Waals surface area contributed by atoms with Crippen LogP contribution in [0.2, 0.25) is 0 Å². The summed E-state index contributed by atoms with van der Waals surface area (Å²) in [4.78, 5) is 14.1. The fourth-order valence-electron chi connectivity index (χ4n) is 1.93. The molecule has 0 aliphatic carbocycles. The smallest absolute Gasteiger partial charge is 0.409 e. The normalized spacial score (nSPS) is 18.8. The lowest BCUT2D eigenvalue weighted by Crippen LogP contribution is -2.50. The number of piperidine rings is 1. The number of amides is 1. The number of nitrogens with two attached hydrogens (primary N) is 1. The quantitative estimate of drug-likeness (QED) is 0.805. The Hall–Kier alpha value is -0.490. The van der Waals surface area contributed by atoms with Crippen molar-refractivity contribution in [1.29, 1.82) is 0 Å². The van der Waals surface area contributed by atoms with Crippen LogP contribution in [-0.2, 0) is 4.74 Å². The summed E-state index contributed by atoms with van der Waals surface area (Å²) in [6.45, 7) is 5.84. The Morgan fingerprint density at radius 3 is 2.44 bits per heavy atom. The highest BCUT2D eigenvalue weighted by Gasteiger charge is 2.38. The van der Waals surface area contributed by atoms with Crippen molar-refractivity contribution >= 4 is 35.1 Å². The highest BCUT2D eigenvalue weighted by atomic mass is 32.2. The third-order valence-electron chi connectivity index (χ3n) is 3.21. The third kappa shape index (κ3) is 3.75. The van der Waals surface area contributed by atoms with Crippen molar-refractivity contribution in [3.8, 4) is 0 Å². The van der Waals surface area contributed by atoms with Crippen LogP contribution < -0.4 is 5.73 Å². The maximum Gasteiger partial charge on any atom is 0.409 e. The minimum atomic E-state index is -0.221. The molecule has 104 valence electrons. The van der Waals surface area contributed by atoms with Gasteiger partial charge in [0.25, 0.3) is 0 Å². The SMILES string of the molecule is CSC1(C(N)=S)CCN(C(=O)OCC(C)C)CC1. The van der Waals surface area contributed by atoms with Gasteiger partial charge in [0.1, 0.15) is 0 Å². The van der Waals surface area contributed by atoms with Gasteiger partial charge in [0.2, 0.25) is 0 Å². The number of likely N-dealkylation sites (tertiary alicyclic amines) is 1. The summed E-state index contributed by atoms with van der Waals surface area (Å²) in [6.07, 6.45) is 3.41. The van der Waals surface area contributed by atoms with Gasteiger partial charge < -0.3 is 15.4 Å². The van der Waals surface area contributed by atoms with Crippen LogP contribution in [0.25, 0.3) is 0 Å². The first-order valence-electron chi connectivity index (χ1n) is 6.18. The summed E-state index contributed by atoms with van der Waals surface area (Å²) in [6, 6.07) is 0. The Bertz CT molecular complexity index is 313. The zero-order valence-electron chi connectivity index (χ0n) is 11.3. The van der Waals surface area contributed by atoms with Crippen LogP contribution in [0.15, 0.2) is 0 Å². The fourth-order valence-corrected chi connectivity index (χ4v) is 3.18. The van der Waals surface area contributed by atoms with Gasteiger partial charge in [0.05, 0.1) is 16.3 Å². The molecule has 0 radical (unpaired) electrons. The van der Waals surface area contributed by atoms with Crippen molar-refractivity contribution in [3.05, 3.63) is 0 Å². The lowest BCUT2D eigenvalue weighted by atomic mass is 9.96. The molecule has 0 bridgehead atoms. The van der Waals surface area contributed by atoms with Crippen LogP contribution in [0, 0.1) is 5.92 Å². The Balaban J connectivity index is 2.48. The number of carbonyl (C=O) groups excluding carboxylic acids is 1. The molecule has 0 saturated carbocycles. The molecule has 18 heavy (non-hydrogen) atoms. The van der Waals surface area contributed by atoms with Gasteiger partial charge in [-0.2, -0.15) is 11.8 Å². The number of nitrogens with zero attached hydrogens (tertiary/aromatic N) is 1. The van der Waals surface area contributed by atoms with E-state index >= 15 is 0 Å². The number of rotatable bonds is 4.